The van der Waals surface area contributed by atoms with Crippen LogP contribution in [-0.4, -0.2) is 58.1 Å². The van der Waals surface area contributed by atoms with Crippen molar-refractivity contribution in [1.82, 2.24) is 24.8 Å². The van der Waals surface area contributed by atoms with Crippen molar-refractivity contribution in [3.05, 3.63) is 40.8 Å². The summed E-state index contributed by atoms with van der Waals surface area (Å²) in [6, 6.07) is 6.16. The van der Waals surface area contributed by atoms with Crippen molar-refractivity contribution in [1.29, 1.82) is 5.26 Å². The lowest BCUT2D eigenvalue weighted by Crippen LogP contribution is -2.44. The number of aromatic nitrogens is 4. The Morgan fingerprint density at radius 3 is 2.48 bits per heavy atom. The van der Waals surface area contributed by atoms with Crippen LogP contribution in [0.1, 0.15) is 16.3 Å². The summed E-state index contributed by atoms with van der Waals surface area (Å²) in [5, 5.41) is 13.5. The zero-order valence-electron chi connectivity index (χ0n) is 16.7. The summed E-state index contributed by atoms with van der Waals surface area (Å²) in [4.78, 5) is 23.4. The molecule has 0 atom stereocenters. The molecule has 0 aromatic carbocycles. The van der Waals surface area contributed by atoms with Crippen LogP contribution >= 0.6 is 11.3 Å². The number of nitrogens with one attached hydrogen (secondary N) is 1. The second-order valence-corrected chi connectivity index (χ2v) is 8.24. The van der Waals surface area contributed by atoms with Gasteiger partial charge in [0.1, 0.15) is 17.6 Å². The van der Waals surface area contributed by atoms with E-state index in [9.17, 15) is 5.26 Å². The molecule has 0 unspecified atom stereocenters. The maximum Gasteiger partial charge on any atom is 0.229 e. The fraction of sp³-hybridized carbons (Fsp3) is 0.350. The molecule has 0 amide bonds. The third-order valence-electron chi connectivity index (χ3n) is 4.88. The molecule has 1 aliphatic heterocycles. The molecule has 0 saturated carbocycles. The fourth-order valence-electron chi connectivity index (χ4n) is 3.27. The summed E-state index contributed by atoms with van der Waals surface area (Å²) >= 11 is 1.53. The van der Waals surface area contributed by atoms with Gasteiger partial charge >= 0.3 is 0 Å². The molecule has 1 aliphatic rings. The number of pyridine rings is 1. The lowest BCUT2D eigenvalue weighted by molar-refractivity contribution is 0.313. The molecule has 0 bridgehead atoms. The Morgan fingerprint density at radius 1 is 1.07 bits per heavy atom. The van der Waals surface area contributed by atoms with E-state index in [1.807, 2.05) is 26.1 Å². The van der Waals surface area contributed by atoms with E-state index in [-0.39, 0.29) is 0 Å². The molecule has 1 N–H and O–H groups in total. The van der Waals surface area contributed by atoms with Crippen molar-refractivity contribution >= 4 is 28.8 Å². The Morgan fingerprint density at radius 2 is 1.86 bits per heavy atom. The van der Waals surface area contributed by atoms with Gasteiger partial charge in [-0.1, -0.05) is 0 Å². The smallest absolute Gasteiger partial charge is 0.229 e. The largest absolute Gasteiger partial charge is 0.368 e. The third kappa shape index (κ3) is 4.18. The van der Waals surface area contributed by atoms with Gasteiger partial charge < -0.3 is 15.1 Å². The minimum Gasteiger partial charge on any atom is -0.368 e. The Labute approximate surface area is 173 Å². The molecular weight excluding hydrogens is 384 g/mol. The number of anilines is 3. The Bertz CT molecular complexity index is 1050. The van der Waals surface area contributed by atoms with Gasteiger partial charge in [0.15, 0.2) is 0 Å². The predicted molar refractivity (Wildman–Crippen MR) is 115 cm³/mol. The Balaban J connectivity index is 1.54. The number of hydrogen-bond donors (Lipinski definition) is 1. The molecule has 0 spiro atoms. The van der Waals surface area contributed by atoms with Crippen LogP contribution in [0, 0.1) is 25.2 Å². The monoisotopic (exact) mass is 406 g/mol. The molecule has 29 heavy (non-hydrogen) atoms. The highest BCUT2D eigenvalue weighted by Gasteiger charge is 2.17. The van der Waals surface area contributed by atoms with Gasteiger partial charge in [-0.15, -0.1) is 11.3 Å². The van der Waals surface area contributed by atoms with Crippen LogP contribution < -0.4 is 10.2 Å². The van der Waals surface area contributed by atoms with Crippen molar-refractivity contribution < 1.29 is 0 Å². The van der Waals surface area contributed by atoms with Crippen molar-refractivity contribution in [3.8, 4) is 16.6 Å². The SMILES string of the molecule is Cc1nc(C)c(-c2nc(Nc3ccc(N4CCN(C)CC4)cn3)ncc2C#N)s1. The molecule has 1 fully saturated rings. The number of thiazole rings is 1. The number of nitrogens with zero attached hydrogens (tertiary/aromatic N) is 7. The lowest BCUT2D eigenvalue weighted by atomic mass is 10.2. The molecule has 0 aliphatic carbocycles. The summed E-state index contributed by atoms with van der Waals surface area (Å²) < 4.78 is 0. The van der Waals surface area contributed by atoms with Crippen molar-refractivity contribution in [3.63, 3.8) is 0 Å². The number of nitriles is 1. The van der Waals surface area contributed by atoms with Gasteiger partial charge in [0.2, 0.25) is 5.95 Å². The molecule has 4 rings (SSSR count). The number of piperazine rings is 1. The van der Waals surface area contributed by atoms with Crippen LogP contribution in [0.5, 0.6) is 0 Å². The van der Waals surface area contributed by atoms with Gasteiger partial charge in [0.05, 0.1) is 39.2 Å². The van der Waals surface area contributed by atoms with E-state index in [0.29, 0.717) is 23.0 Å². The summed E-state index contributed by atoms with van der Waals surface area (Å²) in [6.07, 6.45) is 3.41. The summed E-state index contributed by atoms with van der Waals surface area (Å²) in [5.41, 5.74) is 3.01. The van der Waals surface area contributed by atoms with E-state index in [2.05, 4.69) is 54.2 Å². The molecule has 9 heteroatoms. The van der Waals surface area contributed by atoms with Gasteiger partial charge in [-0.05, 0) is 33.0 Å². The van der Waals surface area contributed by atoms with Crippen LogP contribution in [0.2, 0.25) is 0 Å². The standard InChI is InChI=1S/C20H22N8S/c1-13-19(29-14(2)24-13)18-15(10-21)11-23-20(26-18)25-17-5-4-16(12-22-17)28-8-6-27(3)7-9-28/h4-5,11-12H,6-9H2,1-3H3,(H,22,23,25,26). The maximum atomic E-state index is 9.44. The van der Waals surface area contributed by atoms with E-state index in [1.54, 1.807) is 0 Å². The lowest BCUT2D eigenvalue weighted by Gasteiger charge is -2.33. The highest BCUT2D eigenvalue weighted by atomic mass is 32.1. The maximum absolute atomic E-state index is 9.44. The summed E-state index contributed by atoms with van der Waals surface area (Å²) in [6.45, 7) is 7.98. The van der Waals surface area contributed by atoms with Gasteiger partial charge in [0, 0.05) is 26.2 Å². The summed E-state index contributed by atoms with van der Waals surface area (Å²) in [5.74, 6) is 1.07. The van der Waals surface area contributed by atoms with E-state index < -0.39 is 0 Å². The van der Waals surface area contributed by atoms with E-state index in [4.69, 9.17) is 0 Å². The molecule has 0 radical (unpaired) electrons. The van der Waals surface area contributed by atoms with Crippen molar-refractivity contribution in [2.24, 2.45) is 0 Å². The third-order valence-corrected chi connectivity index (χ3v) is 5.96. The summed E-state index contributed by atoms with van der Waals surface area (Å²) in [7, 11) is 2.14. The average molecular weight is 407 g/mol. The minimum atomic E-state index is 0.407. The highest BCUT2D eigenvalue weighted by Crippen LogP contribution is 2.31. The van der Waals surface area contributed by atoms with Crippen LogP contribution in [0.4, 0.5) is 17.5 Å². The number of likely N-dealkylation sites (N-methyl/N-ethyl adjacent to an activating group) is 1. The molecule has 4 heterocycles. The van der Waals surface area contributed by atoms with Gasteiger partial charge in [-0.3, -0.25) is 0 Å². The first-order valence-corrected chi connectivity index (χ1v) is 10.2. The van der Waals surface area contributed by atoms with E-state index >= 15 is 0 Å². The number of hydrogen-bond acceptors (Lipinski definition) is 9. The van der Waals surface area contributed by atoms with Gasteiger partial charge in [-0.2, -0.15) is 5.26 Å². The Hall–Kier alpha value is -3.09. The van der Waals surface area contributed by atoms with Gasteiger partial charge in [-0.25, -0.2) is 19.9 Å². The fourth-order valence-corrected chi connectivity index (χ4v) is 4.20. The van der Waals surface area contributed by atoms with Crippen molar-refractivity contribution in [2.45, 2.75) is 13.8 Å². The molecule has 148 valence electrons. The Kier molecular flexibility index (Phi) is 5.38. The molecule has 3 aromatic rings. The molecule has 3 aromatic heterocycles. The van der Waals surface area contributed by atoms with Crippen LogP contribution in [0.25, 0.3) is 10.6 Å². The normalized spacial score (nSPS) is 14.6. The highest BCUT2D eigenvalue weighted by molar-refractivity contribution is 7.15. The first-order chi connectivity index (χ1) is 14.0. The zero-order chi connectivity index (χ0) is 20.4. The number of aryl methyl sites for hydroxylation is 2. The minimum absolute atomic E-state index is 0.407. The molecular formula is C20H22N8S. The van der Waals surface area contributed by atoms with Crippen LogP contribution in [0.15, 0.2) is 24.5 Å². The molecule has 1 saturated heterocycles. The molecule has 8 nitrogen and oxygen atoms in total. The van der Waals surface area contributed by atoms with Crippen molar-refractivity contribution in [2.75, 3.05) is 43.4 Å². The van der Waals surface area contributed by atoms with Crippen LogP contribution in [0.3, 0.4) is 0 Å². The first kappa shape index (κ1) is 19.2. The predicted octanol–water partition coefficient (Wildman–Crippen LogP) is 2.98. The second-order valence-electron chi connectivity index (χ2n) is 7.03. The first-order valence-electron chi connectivity index (χ1n) is 9.41. The topological polar surface area (TPSA) is 93.9 Å². The number of rotatable bonds is 4. The van der Waals surface area contributed by atoms with E-state index in [0.717, 1.165) is 47.4 Å². The van der Waals surface area contributed by atoms with E-state index in [1.165, 1.54) is 17.5 Å². The second kappa shape index (κ2) is 8.11. The zero-order valence-corrected chi connectivity index (χ0v) is 17.5. The average Bonchev–Trinajstić information content (AvgIpc) is 3.07. The quantitative estimate of drug-likeness (QED) is 0.707. The van der Waals surface area contributed by atoms with Gasteiger partial charge in [0.25, 0.3) is 0 Å². The van der Waals surface area contributed by atoms with Crippen LogP contribution in [-0.2, 0) is 0 Å².